The highest BCUT2D eigenvalue weighted by molar-refractivity contribution is 5.98. The predicted molar refractivity (Wildman–Crippen MR) is 74.9 cm³/mol. The van der Waals surface area contributed by atoms with Crippen LogP contribution in [0, 0.1) is 0 Å². The molecule has 18 heavy (non-hydrogen) atoms. The molecule has 4 heteroatoms. The van der Waals surface area contributed by atoms with Crippen molar-refractivity contribution in [3.63, 3.8) is 0 Å². The summed E-state index contributed by atoms with van der Waals surface area (Å²) in [5, 5.41) is 6.11. The number of hydrogen-bond donors (Lipinski definition) is 2. The zero-order valence-electron chi connectivity index (χ0n) is 11.3. The van der Waals surface area contributed by atoms with Crippen molar-refractivity contribution in [2.45, 2.75) is 39.5 Å². The molecule has 0 spiro atoms. The van der Waals surface area contributed by atoms with Crippen LogP contribution in [0.2, 0.25) is 0 Å². The Morgan fingerprint density at radius 1 is 1.22 bits per heavy atom. The second-order valence-electron chi connectivity index (χ2n) is 4.29. The van der Waals surface area contributed by atoms with E-state index in [0.29, 0.717) is 11.4 Å². The van der Waals surface area contributed by atoms with Crippen LogP contribution in [0.5, 0.6) is 0 Å². The summed E-state index contributed by atoms with van der Waals surface area (Å²) in [5.74, 6) is 0.630. The number of pyridine rings is 1. The lowest BCUT2D eigenvalue weighted by Crippen LogP contribution is -2.25. The van der Waals surface area contributed by atoms with Gasteiger partial charge in [0.25, 0.3) is 5.91 Å². The average Bonchev–Trinajstić information content (AvgIpc) is 2.41. The number of nitrogens with one attached hydrogen (secondary N) is 2. The van der Waals surface area contributed by atoms with Crippen molar-refractivity contribution in [2.75, 3.05) is 18.4 Å². The summed E-state index contributed by atoms with van der Waals surface area (Å²) in [5.41, 5.74) is 0.627. The highest BCUT2D eigenvalue weighted by Crippen LogP contribution is 2.11. The van der Waals surface area contributed by atoms with Crippen molar-refractivity contribution >= 4 is 11.7 Å². The van der Waals surface area contributed by atoms with Crippen LogP contribution in [0.25, 0.3) is 0 Å². The summed E-state index contributed by atoms with van der Waals surface area (Å²) in [4.78, 5) is 16.2. The van der Waals surface area contributed by atoms with Crippen molar-refractivity contribution < 1.29 is 4.79 Å². The van der Waals surface area contributed by atoms with Crippen LogP contribution in [0.3, 0.4) is 0 Å². The Bertz CT molecular complexity index is 366. The molecular weight excluding hydrogens is 226 g/mol. The number of carbonyl (C=O) groups excluding carboxylic acids is 1. The van der Waals surface area contributed by atoms with Crippen LogP contribution < -0.4 is 10.6 Å². The molecule has 0 aliphatic carbocycles. The third kappa shape index (κ3) is 4.73. The van der Waals surface area contributed by atoms with Crippen molar-refractivity contribution in [2.24, 2.45) is 0 Å². The standard InChI is InChI=1S/C14H23N3O/c1-3-5-6-10-17-14(18)12-8-7-11-16-13(12)15-9-4-2/h7-8,11H,3-6,9-10H2,1-2H3,(H,15,16)(H,17,18). The maximum absolute atomic E-state index is 12.0. The Morgan fingerprint density at radius 3 is 2.78 bits per heavy atom. The number of hydrogen-bond acceptors (Lipinski definition) is 3. The minimum Gasteiger partial charge on any atom is -0.369 e. The van der Waals surface area contributed by atoms with Crippen LogP contribution >= 0.6 is 0 Å². The Balaban J connectivity index is 2.55. The Labute approximate surface area is 109 Å². The molecule has 1 rings (SSSR count). The Kier molecular flexibility index (Phi) is 6.84. The zero-order chi connectivity index (χ0) is 13.2. The number of nitrogens with zero attached hydrogens (tertiary/aromatic N) is 1. The number of rotatable bonds is 8. The van der Waals surface area contributed by atoms with Crippen LogP contribution in [-0.2, 0) is 0 Å². The number of unbranched alkanes of at least 4 members (excludes halogenated alkanes) is 2. The number of anilines is 1. The van der Waals surface area contributed by atoms with Gasteiger partial charge < -0.3 is 10.6 Å². The first-order valence-electron chi connectivity index (χ1n) is 6.76. The Hall–Kier alpha value is -1.58. The van der Waals surface area contributed by atoms with Gasteiger partial charge >= 0.3 is 0 Å². The lowest BCUT2D eigenvalue weighted by molar-refractivity contribution is 0.0953. The maximum atomic E-state index is 12.0. The van der Waals surface area contributed by atoms with E-state index in [1.165, 1.54) is 0 Å². The molecule has 0 aliphatic heterocycles. The molecule has 1 amide bonds. The fraction of sp³-hybridized carbons (Fsp3) is 0.571. The van der Waals surface area contributed by atoms with Crippen LogP contribution in [0.4, 0.5) is 5.82 Å². The van der Waals surface area contributed by atoms with Gasteiger partial charge in [-0.05, 0) is 25.0 Å². The van der Waals surface area contributed by atoms with E-state index in [2.05, 4.69) is 29.5 Å². The zero-order valence-corrected chi connectivity index (χ0v) is 11.3. The fourth-order valence-corrected chi connectivity index (χ4v) is 1.64. The van der Waals surface area contributed by atoms with E-state index in [-0.39, 0.29) is 5.91 Å². The summed E-state index contributed by atoms with van der Waals surface area (Å²) < 4.78 is 0. The largest absolute Gasteiger partial charge is 0.369 e. The molecule has 1 aromatic rings. The SMILES string of the molecule is CCCCCNC(=O)c1cccnc1NCCC. The van der Waals surface area contributed by atoms with Gasteiger partial charge in [0.05, 0.1) is 5.56 Å². The van der Waals surface area contributed by atoms with E-state index in [0.717, 1.165) is 38.8 Å². The van der Waals surface area contributed by atoms with E-state index in [4.69, 9.17) is 0 Å². The first kappa shape index (κ1) is 14.5. The quantitative estimate of drug-likeness (QED) is 0.697. The van der Waals surface area contributed by atoms with Gasteiger partial charge in [0.1, 0.15) is 5.82 Å². The molecule has 0 unspecified atom stereocenters. The molecule has 1 aromatic heterocycles. The third-order valence-corrected chi connectivity index (χ3v) is 2.66. The molecular formula is C14H23N3O. The Morgan fingerprint density at radius 2 is 2.06 bits per heavy atom. The number of carbonyl (C=O) groups is 1. The minimum atomic E-state index is -0.0437. The van der Waals surface area contributed by atoms with Gasteiger partial charge in [-0.15, -0.1) is 0 Å². The van der Waals surface area contributed by atoms with Gasteiger partial charge in [-0.1, -0.05) is 26.7 Å². The third-order valence-electron chi connectivity index (χ3n) is 2.66. The van der Waals surface area contributed by atoms with Crippen LogP contribution in [0.15, 0.2) is 18.3 Å². The molecule has 0 aromatic carbocycles. The van der Waals surface area contributed by atoms with Crippen molar-refractivity contribution in [3.05, 3.63) is 23.9 Å². The molecule has 4 nitrogen and oxygen atoms in total. The van der Waals surface area contributed by atoms with Crippen LogP contribution in [0.1, 0.15) is 49.9 Å². The average molecular weight is 249 g/mol. The predicted octanol–water partition coefficient (Wildman–Crippen LogP) is 2.82. The summed E-state index contributed by atoms with van der Waals surface area (Å²) in [6, 6.07) is 3.60. The van der Waals surface area contributed by atoms with E-state index in [9.17, 15) is 4.79 Å². The highest BCUT2D eigenvalue weighted by atomic mass is 16.1. The topological polar surface area (TPSA) is 54.0 Å². The normalized spacial score (nSPS) is 10.1. The number of aromatic nitrogens is 1. The molecule has 2 N–H and O–H groups in total. The van der Waals surface area contributed by atoms with Gasteiger partial charge in [-0.2, -0.15) is 0 Å². The monoisotopic (exact) mass is 249 g/mol. The minimum absolute atomic E-state index is 0.0437. The van der Waals surface area contributed by atoms with Gasteiger partial charge in [-0.25, -0.2) is 4.98 Å². The molecule has 0 fully saturated rings. The van der Waals surface area contributed by atoms with Gasteiger partial charge in [0.15, 0.2) is 0 Å². The summed E-state index contributed by atoms with van der Waals surface area (Å²) in [7, 11) is 0. The second-order valence-corrected chi connectivity index (χ2v) is 4.29. The van der Waals surface area contributed by atoms with E-state index in [1.54, 1.807) is 18.3 Å². The van der Waals surface area contributed by atoms with Gasteiger partial charge in [-0.3, -0.25) is 4.79 Å². The summed E-state index contributed by atoms with van der Waals surface area (Å²) in [6.07, 6.45) is 6.04. The highest BCUT2D eigenvalue weighted by Gasteiger charge is 2.10. The molecule has 0 aliphatic rings. The first-order valence-corrected chi connectivity index (χ1v) is 6.76. The smallest absolute Gasteiger partial charge is 0.255 e. The van der Waals surface area contributed by atoms with Crippen molar-refractivity contribution in [3.8, 4) is 0 Å². The maximum Gasteiger partial charge on any atom is 0.255 e. The van der Waals surface area contributed by atoms with Gasteiger partial charge in [0, 0.05) is 19.3 Å². The lowest BCUT2D eigenvalue weighted by Gasteiger charge is -2.10. The first-order chi connectivity index (χ1) is 8.79. The summed E-state index contributed by atoms with van der Waals surface area (Å²) >= 11 is 0. The summed E-state index contributed by atoms with van der Waals surface area (Å²) in [6.45, 7) is 5.79. The molecule has 100 valence electrons. The second kappa shape index (κ2) is 8.50. The van der Waals surface area contributed by atoms with Crippen molar-refractivity contribution in [1.82, 2.24) is 10.3 Å². The molecule has 0 bridgehead atoms. The van der Waals surface area contributed by atoms with E-state index in [1.807, 2.05) is 0 Å². The molecule has 0 atom stereocenters. The molecule has 0 radical (unpaired) electrons. The van der Waals surface area contributed by atoms with Crippen molar-refractivity contribution in [1.29, 1.82) is 0 Å². The van der Waals surface area contributed by atoms with E-state index < -0.39 is 0 Å². The molecule has 1 heterocycles. The lowest BCUT2D eigenvalue weighted by atomic mass is 10.2. The number of amides is 1. The molecule has 0 saturated carbocycles. The van der Waals surface area contributed by atoms with Crippen LogP contribution in [-0.4, -0.2) is 24.0 Å². The molecule has 0 saturated heterocycles. The fourth-order valence-electron chi connectivity index (χ4n) is 1.64. The van der Waals surface area contributed by atoms with E-state index >= 15 is 0 Å². The van der Waals surface area contributed by atoms with Gasteiger partial charge in [0.2, 0.25) is 0 Å².